The number of anilines is 1. The fourth-order valence-corrected chi connectivity index (χ4v) is 8.38. The SMILES string of the molecule is CC#C[C@]1(O)CC[C@H]2[C@@H]3CCC4=CC(=O)CC[C@]4(C)[C@H]3[C@@H](c3ccc(NC)cc3)C[C@@]21C. The Balaban J connectivity index is 1.65. The number of fused-ring (bicyclic) bond motifs is 5. The van der Waals surface area contributed by atoms with E-state index >= 15 is 0 Å². The predicted molar refractivity (Wildman–Crippen MR) is 129 cm³/mol. The topological polar surface area (TPSA) is 49.3 Å². The lowest BCUT2D eigenvalue weighted by molar-refractivity contribution is -0.122. The minimum atomic E-state index is -0.903. The van der Waals surface area contributed by atoms with Crippen LogP contribution >= 0.6 is 0 Å². The molecule has 0 heterocycles. The van der Waals surface area contributed by atoms with Gasteiger partial charge in [0.05, 0.1) is 0 Å². The molecule has 1 aromatic rings. The van der Waals surface area contributed by atoms with Crippen LogP contribution in [0.4, 0.5) is 5.69 Å². The Hall–Kier alpha value is -2.05. The van der Waals surface area contributed by atoms with Gasteiger partial charge in [-0.15, -0.1) is 5.92 Å². The summed E-state index contributed by atoms with van der Waals surface area (Å²) in [5.41, 5.74) is 2.85. The molecule has 3 nitrogen and oxygen atoms in total. The smallest absolute Gasteiger partial charge is 0.155 e. The molecular formula is C29H37NO2. The lowest BCUT2D eigenvalue weighted by atomic mass is 9.43. The highest BCUT2D eigenvalue weighted by atomic mass is 16.3. The minimum Gasteiger partial charge on any atom is -0.388 e. The largest absolute Gasteiger partial charge is 0.388 e. The van der Waals surface area contributed by atoms with Crippen molar-refractivity contribution < 1.29 is 9.90 Å². The quantitative estimate of drug-likeness (QED) is 0.590. The molecule has 32 heavy (non-hydrogen) atoms. The zero-order chi connectivity index (χ0) is 22.7. The van der Waals surface area contributed by atoms with Crippen LogP contribution < -0.4 is 5.32 Å². The van der Waals surface area contributed by atoms with Crippen molar-refractivity contribution in [1.29, 1.82) is 0 Å². The van der Waals surface area contributed by atoms with Crippen molar-refractivity contribution in [2.45, 2.75) is 77.2 Å². The molecule has 4 aliphatic carbocycles. The number of ketones is 1. The van der Waals surface area contributed by atoms with Crippen LogP contribution in [0.5, 0.6) is 0 Å². The molecule has 0 aromatic heterocycles. The third-order valence-electron chi connectivity index (χ3n) is 10.0. The van der Waals surface area contributed by atoms with Gasteiger partial charge in [-0.3, -0.25) is 4.79 Å². The fraction of sp³-hybridized carbons (Fsp3) is 0.621. The number of carbonyl (C=O) groups excluding carboxylic acids is 1. The normalized spacial score (nSPS) is 42.7. The van der Waals surface area contributed by atoms with E-state index in [0.717, 1.165) is 44.2 Å². The number of rotatable bonds is 2. The van der Waals surface area contributed by atoms with Gasteiger partial charge in [0.15, 0.2) is 5.78 Å². The first-order valence-electron chi connectivity index (χ1n) is 12.4. The van der Waals surface area contributed by atoms with E-state index in [1.807, 2.05) is 20.0 Å². The van der Waals surface area contributed by atoms with Crippen LogP contribution in [-0.2, 0) is 4.79 Å². The maximum Gasteiger partial charge on any atom is 0.155 e. The summed E-state index contributed by atoms with van der Waals surface area (Å²) in [5, 5.41) is 15.0. The number of hydrogen-bond donors (Lipinski definition) is 2. The van der Waals surface area contributed by atoms with E-state index in [4.69, 9.17) is 0 Å². The van der Waals surface area contributed by atoms with Gasteiger partial charge in [0.2, 0.25) is 0 Å². The Morgan fingerprint density at radius 2 is 1.84 bits per heavy atom. The van der Waals surface area contributed by atoms with Gasteiger partial charge in [-0.25, -0.2) is 0 Å². The standard InChI is InChI=1S/C29H37NO2/c1-5-14-29(32)16-13-25-23-11-8-20-17-22(31)12-15-27(20,2)26(23)24(18-28(25,29)3)19-6-9-21(30-4)10-7-19/h6-7,9-10,17,23-26,30,32H,8,11-13,15-16,18H2,1-4H3/t23-,24+,25-,26+,27-,28-,29-/m0/s1. The predicted octanol–water partition coefficient (Wildman–Crippen LogP) is 5.71. The van der Waals surface area contributed by atoms with Crippen LogP contribution in [0.1, 0.15) is 77.2 Å². The van der Waals surface area contributed by atoms with Crippen LogP contribution in [0.2, 0.25) is 0 Å². The van der Waals surface area contributed by atoms with Crippen LogP contribution in [0.25, 0.3) is 0 Å². The lowest BCUT2D eigenvalue weighted by Crippen LogP contribution is -2.57. The first-order valence-corrected chi connectivity index (χ1v) is 12.4. The van der Waals surface area contributed by atoms with Crippen molar-refractivity contribution in [2.24, 2.45) is 28.6 Å². The van der Waals surface area contributed by atoms with Gasteiger partial charge in [-0.2, -0.15) is 0 Å². The van der Waals surface area contributed by atoms with Gasteiger partial charge in [0.1, 0.15) is 5.60 Å². The number of aliphatic hydroxyl groups is 1. The highest BCUT2D eigenvalue weighted by molar-refractivity contribution is 5.91. The summed E-state index contributed by atoms with van der Waals surface area (Å²) in [7, 11) is 1.96. The van der Waals surface area contributed by atoms with Gasteiger partial charge in [-0.1, -0.05) is 37.5 Å². The Bertz CT molecular complexity index is 1010. The molecule has 5 rings (SSSR count). The van der Waals surface area contributed by atoms with Crippen LogP contribution in [-0.4, -0.2) is 23.5 Å². The number of allylic oxidation sites excluding steroid dienone is 1. The molecule has 3 saturated carbocycles. The van der Waals surface area contributed by atoms with Crippen molar-refractivity contribution >= 4 is 11.5 Å². The average Bonchev–Trinajstić information content (AvgIpc) is 3.04. The third-order valence-corrected chi connectivity index (χ3v) is 10.0. The Morgan fingerprint density at radius 1 is 1.09 bits per heavy atom. The molecule has 3 fully saturated rings. The van der Waals surface area contributed by atoms with Gasteiger partial charge < -0.3 is 10.4 Å². The highest BCUT2D eigenvalue weighted by Gasteiger charge is 2.66. The van der Waals surface area contributed by atoms with Crippen molar-refractivity contribution in [1.82, 2.24) is 0 Å². The van der Waals surface area contributed by atoms with Crippen molar-refractivity contribution in [2.75, 3.05) is 12.4 Å². The van der Waals surface area contributed by atoms with E-state index in [2.05, 4.69) is 55.3 Å². The Kier molecular flexibility index (Phi) is 5.10. The van der Waals surface area contributed by atoms with Crippen molar-refractivity contribution in [3.63, 3.8) is 0 Å². The number of hydrogen-bond acceptors (Lipinski definition) is 3. The van der Waals surface area contributed by atoms with E-state index in [1.54, 1.807) is 0 Å². The van der Waals surface area contributed by atoms with E-state index in [0.29, 0.717) is 35.9 Å². The van der Waals surface area contributed by atoms with Gasteiger partial charge >= 0.3 is 0 Å². The molecule has 7 atom stereocenters. The van der Waals surface area contributed by atoms with Crippen molar-refractivity contribution in [3.8, 4) is 11.8 Å². The monoisotopic (exact) mass is 431 g/mol. The van der Waals surface area contributed by atoms with E-state index in [1.165, 1.54) is 11.1 Å². The molecule has 170 valence electrons. The molecule has 0 amide bonds. The number of carbonyl (C=O) groups is 1. The summed E-state index contributed by atoms with van der Waals surface area (Å²) < 4.78 is 0. The summed E-state index contributed by atoms with van der Waals surface area (Å²) in [6.45, 7) is 6.61. The first-order chi connectivity index (χ1) is 15.3. The van der Waals surface area contributed by atoms with E-state index in [9.17, 15) is 9.90 Å². The van der Waals surface area contributed by atoms with Crippen LogP contribution in [0, 0.1) is 40.4 Å². The van der Waals surface area contributed by atoms with E-state index in [-0.39, 0.29) is 10.8 Å². The molecule has 0 saturated heterocycles. The van der Waals surface area contributed by atoms with E-state index < -0.39 is 5.60 Å². The molecule has 4 aliphatic rings. The zero-order valence-electron chi connectivity index (χ0n) is 20.0. The molecule has 1 aromatic carbocycles. The van der Waals surface area contributed by atoms with Crippen LogP contribution in [0.15, 0.2) is 35.9 Å². The van der Waals surface area contributed by atoms with Gasteiger partial charge in [0, 0.05) is 24.6 Å². The summed E-state index contributed by atoms with van der Waals surface area (Å²) in [6, 6.07) is 8.92. The summed E-state index contributed by atoms with van der Waals surface area (Å²) in [4.78, 5) is 12.3. The number of benzene rings is 1. The molecule has 0 bridgehead atoms. The maximum atomic E-state index is 12.3. The zero-order valence-corrected chi connectivity index (χ0v) is 20.0. The molecule has 0 spiro atoms. The first kappa shape index (κ1) is 21.8. The molecular weight excluding hydrogens is 394 g/mol. The molecule has 0 aliphatic heterocycles. The fourth-order valence-electron chi connectivity index (χ4n) is 8.38. The third kappa shape index (κ3) is 2.95. The average molecular weight is 432 g/mol. The summed E-state index contributed by atoms with van der Waals surface area (Å²) >= 11 is 0. The van der Waals surface area contributed by atoms with Gasteiger partial charge in [0.25, 0.3) is 0 Å². The Labute approximate surface area is 193 Å². The van der Waals surface area contributed by atoms with Crippen LogP contribution in [0.3, 0.4) is 0 Å². The molecule has 0 unspecified atom stereocenters. The second kappa shape index (κ2) is 7.49. The second-order valence-electron chi connectivity index (χ2n) is 11.3. The molecule has 2 N–H and O–H groups in total. The lowest BCUT2D eigenvalue weighted by Gasteiger charge is -2.61. The van der Waals surface area contributed by atoms with Gasteiger partial charge in [-0.05, 0) is 98.3 Å². The number of nitrogens with one attached hydrogen (secondary N) is 1. The summed E-state index contributed by atoms with van der Waals surface area (Å²) in [6.07, 6.45) is 8.57. The highest BCUT2D eigenvalue weighted by Crippen LogP contribution is 2.70. The summed E-state index contributed by atoms with van der Waals surface area (Å²) in [5.74, 6) is 8.53. The Morgan fingerprint density at radius 3 is 2.53 bits per heavy atom. The van der Waals surface area contributed by atoms with Crippen molar-refractivity contribution in [3.05, 3.63) is 41.5 Å². The minimum absolute atomic E-state index is 0.0711. The molecule has 3 heteroatoms. The second-order valence-corrected chi connectivity index (χ2v) is 11.3. The molecule has 0 radical (unpaired) electrons. The maximum absolute atomic E-state index is 12.3.